The summed E-state index contributed by atoms with van der Waals surface area (Å²) >= 11 is 1.21. The molecule has 6 aliphatic rings. The Bertz CT molecular complexity index is 1610. The monoisotopic (exact) mass is 612 g/mol. The van der Waals surface area contributed by atoms with E-state index in [0.29, 0.717) is 39.5 Å². The highest BCUT2D eigenvalue weighted by molar-refractivity contribution is 8.00. The van der Waals surface area contributed by atoms with Crippen molar-refractivity contribution in [2.75, 3.05) is 39.9 Å². The number of piperazine rings is 1. The third kappa shape index (κ3) is 3.91. The van der Waals surface area contributed by atoms with Crippen molar-refractivity contribution in [2.24, 2.45) is 0 Å². The second-order valence-electron chi connectivity index (χ2n) is 11.8. The molecule has 2 N–H and O–H groups in total. The molecule has 2 fully saturated rings. The molecular formula is C30H32N2O10S. The van der Waals surface area contributed by atoms with Crippen LogP contribution in [0.25, 0.3) is 0 Å². The van der Waals surface area contributed by atoms with E-state index in [1.165, 1.54) is 25.8 Å². The van der Waals surface area contributed by atoms with Crippen LogP contribution in [0, 0.1) is 13.8 Å². The molecule has 6 heterocycles. The first-order chi connectivity index (χ1) is 20.5. The third-order valence-electron chi connectivity index (χ3n) is 9.22. The highest BCUT2D eigenvalue weighted by atomic mass is 32.2. The quantitative estimate of drug-likeness (QED) is 0.291. The largest absolute Gasteiger partial charge is 0.504 e. The molecule has 6 aliphatic heterocycles. The maximum atomic E-state index is 12.9. The summed E-state index contributed by atoms with van der Waals surface area (Å²) in [6, 6.07) is 0.0437. The van der Waals surface area contributed by atoms with E-state index in [4.69, 9.17) is 23.7 Å². The Hall–Kier alpha value is -3.52. The van der Waals surface area contributed by atoms with Crippen molar-refractivity contribution >= 4 is 29.5 Å². The van der Waals surface area contributed by atoms with Gasteiger partial charge in [-0.05, 0) is 32.0 Å². The van der Waals surface area contributed by atoms with Crippen LogP contribution >= 0.6 is 11.8 Å². The number of phenols is 1. The smallest absolute Gasteiger partial charge is 0.375 e. The number of Topliss-reactive ketones (excluding diaryl/α,β-unsaturated/α-hetero) is 1. The summed E-state index contributed by atoms with van der Waals surface area (Å²) in [5.41, 5.74) is 2.37. The van der Waals surface area contributed by atoms with Gasteiger partial charge in [0, 0.05) is 48.2 Å². The van der Waals surface area contributed by atoms with Crippen molar-refractivity contribution in [3.8, 4) is 28.7 Å². The molecule has 0 aliphatic carbocycles. The fourth-order valence-corrected chi connectivity index (χ4v) is 9.16. The molecule has 4 bridgehead atoms. The lowest BCUT2D eigenvalue weighted by Gasteiger charge is -2.60. The zero-order valence-electron chi connectivity index (χ0n) is 24.4. The number of nitrogens with zero attached hydrogens (tertiary/aromatic N) is 2. The van der Waals surface area contributed by atoms with Crippen molar-refractivity contribution in [1.82, 2.24) is 9.80 Å². The Morgan fingerprint density at radius 1 is 1.12 bits per heavy atom. The number of carbonyl (C=O) groups is 3. The van der Waals surface area contributed by atoms with Gasteiger partial charge in [0.25, 0.3) is 0 Å². The number of hydrogen-bond donors (Lipinski definition) is 2. The molecule has 6 atom stereocenters. The van der Waals surface area contributed by atoms with Crippen molar-refractivity contribution in [3.05, 3.63) is 39.4 Å². The number of aromatic hydroxyl groups is 1. The van der Waals surface area contributed by atoms with Gasteiger partial charge in [-0.2, -0.15) is 0 Å². The summed E-state index contributed by atoms with van der Waals surface area (Å²) in [4.78, 5) is 42.0. The molecule has 12 nitrogen and oxygen atoms in total. The van der Waals surface area contributed by atoms with Gasteiger partial charge in [-0.3, -0.25) is 19.4 Å². The Labute approximate surface area is 251 Å². The standard InChI is InChI=1S/C30H32N2O10S/c1-12-6-15-7-30(37)10-31(4)21(18(15)23(35)24(12)38-5)22-28-20-19(16(32(22)30)8-39-29(36)17(34)9-43-28)27-26(40-11-41-27)13(2)25(20)42-14(3)33/h6,16,21-22,28,35,37H,7-11H2,1-5H3/t16-,21?,22+,28+,30?/m0/s1. The van der Waals surface area contributed by atoms with Crippen LogP contribution in [0.3, 0.4) is 0 Å². The van der Waals surface area contributed by atoms with Crippen LogP contribution < -0.4 is 18.9 Å². The number of benzene rings is 2. The lowest BCUT2D eigenvalue weighted by atomic mass is 9.78. The first-order valence-corrected chi connectivity index (χ1v) is 15.1. The molecule has 0 saturated carbocycles. The Morgan fingerprint density at radius 3 is 2.58 bits per heavy atom. The third-order valence-corrected chi connectivity index (χ3v) is 10.5. The van der Waals surface area contributed by atoms with Gasteiger partial charge < -0.3 is 33.9 Å². The highest BCUT2D eigenvalue weighted by Crippen LogP contribution is 2.64. The maximum Gasteiger partial charge on any atom is 0.375 e. The zero-order chi connectivity index (χ0) is 30.5. The maximum absolute atomic E-state index is 12.9. The fourth-order valence-electron chi connectivity index (χ4n) is 7.83. The number of thioether (sulfide) groups is 1. The van der Waals surface area contributed by atoms with Crippen LogP contribution in [0.5, 0.6) is 28.7 Å². The van der Waals surface area contributed by atoms with Gasteiger partial charge >= 0.3 is 11.9 Å². The number of hydrogen-bond acceptors (Lipinski definition) is 13. The number of esters is 2. The molecule has 0 radical (unpaired) electrons. The molecule has 2 saturated heterocycles. The Morgan fingerprint density at radius 2 is 1.86 bits per heavy atom. The highest BCUT2D eigenvalue weighted by Gasteiger charge is 2.62. The number of ketones is 1. The van der Waals surface area contributed by atoms with Gasteiger partial charge in [0.1, 0.15) is 18.1 Å². The summed E-state index contributed by atoms with van der Waals surface area (Å²) in [6.45, 7) is 4.81. The molecule has 3 unspecified atom stereocenters. The van der Waals surface area contributed by atoms with Gasteiger partial charge in [-0.1, -0.05) is 6.07 Å². The number of likely N-dealkylation sites (N-methyl/N-ethyl adjacent to an activating group) is 1. The lowest BCUT2D eigenvalue weighted by molar-refractivity contribution is -0.214. The molecule has 8 rings (SSSR count). The molecular weight excluding hydrogens is 580 g/mol. The van der Waals surface area contributed by atoms with E-state index in [1.54, 1.807) is 6.92 Å². The van der Waals surface area contributed by atoms with Gasteiger partial charge in [-0.15, -0.1) is 11.8 Å². The summed E-state index contributed by atoms with van der Waals surface area (Å²) in [6.07, 6.45) is 0.163. The number of fused-ring (bicyclic) bond motifs is 6. The SMILES string of the molecule is COc1c(C)cc2c(c1O)C1[C@@H]3[C@@H]4SCC(=O)C(=O)OC[C@@H](c5c6c(c(C)c(OC(C)=O)c54)OCO6)N3C(O)(C2)CN1C. The molecule has 2 aromatic rings. The predicted octanol–water partition coefficient (Wildman–Crippen LogP) is 2.23. The van der Waals surface area contributed by atoms with Gasteiger partial charge in [0.2, 0.25) is 12.6 Å². The van der Waals surface area contributed by atoms with Gasteiger partial charge in [0.15, 0.2) is 23.0 Å². The predicted molar refractivity (Wildman–Crippen MR) is 152 cm³/mol. The van der Waals surface area contributed by atoms with E-state index in [-0.39, 0.29) is 43.6 Å². The minimum absolute atomic E-state index is 0.0109. The average molecular weight is 613 g/mol. The van der Waals surface area contributed by atoms with Crippen molar-refractivity contribution < 1.29 is 48.3 Å². The van der Waals surface area contributed by atoms with Crippen LogP contribution in [0.2, 0.25) is 0 Å². The molecule has 43 heavy (non-hydrogen) atoms. The lowest BCUT2D eigenvalue weighted by Crippen LogP contribution is -2.69. The van der Waals surface area contributed by atoms with E-state index in [9.17, 15) is 24.6 Å². The number of methoxy groups -OCH3 is 1. The minimum atomic E-state index is -1.50. The Balaban J connectivity index is 1.57. The molecule has 228 valence electrons. The van der Waals surface area contributed by atoms with Crippen LogP contribution in [-0.2, 0) is 25.5 Å². The van der Waals surface area contributed by atoms with E-state index in [2.05, 4.69) is 0 Å². The molecule has 0 spiro atoms. The van der Waals surface area contributed by atoms with E-state index in [0.717, 1.165) is 11.1 Å². The van der Waals surface area contributed by atoms with Gasteiger partial charge in [-0.25, -0.2) is 4.79 Å². The minimum Gasteiger partial charge on any atom is -0.504 e. The van der Waals surface area contributed by atoms with Crippen LogP contribution in [-0.4, -0.2) is 89.4 Å². The molecule has 0 aromatic heterocycles. The number of cyclic esters (lactones) is 1. The zero-order valence-corrected chi connectivity index (χ0v) is 25.2. The summed E-state index contributed by atoms with van der Waals surface area (Å²) in [5, 5.41) is 23.7. The number of rotatable bonds is 2. The molecule has 0 amide bonds. The molecule has 13 heteroatoms. The van der Waals surface area contributed by atoms with E-state index >= 15 is 0 Å². The average Bonchev–Trinajstić information content (AvgIpc) is 3.36. The number of aryl methyl sites for hydroxylation is 1. The van der Waals surface area contributed by atoms with Crippen LogP contribution in [0.4, 0.5) is 0 Å². The molecule has 2 aromatic carbocycles. The number of carbonyl (C=O) groups excluding carboxylic acids is 3. The summed E-state index contributed by atoms with van der Waals surface area (Å²) in [5.74, 6) is -0.941. The Kier molecular flexibility index (Phi) is 6.40. The van der Waals surface area contributed by atoms with Crippen molar-refractivity contribution in [2.45, 2.75) is 56.3 Å². The number of aliphatic hydroxyl groups is 1. The van der Waals surface area contributed by atoms with Crippen LogP contribution in [0.1, 0.15) is 57.6 Å². The van der Waals surface area contributed by atoms with E-state index < -0.39 is 46.8 Å². The van der Waals surface area contributed by atoms with Gasteiger partial charge in [0.05, 0.1) is 30.2 Å². The first kappa shape index (κ1) is 28.3. The topological polar surface area (TPSA) is 144 Å². The summed E-state index contributed by atoms with van der Waals surface area (Å²) < 4.78 is 29.0. The van der Waals surface area contributed by atoms with Crippen molar-refractivity contribution in [1.29, 1.82) is 0 Å². The second-order valence-corrected chi connectivity index (χ2v) is 12.9. The first-order valence-electron chi connectivity index (χ1n) is 14.0. The summed E-state index contributed by atoms with van der Waals surface area (Å²) in [7, 11) is 3.38. The van der Waals surface area contributed by atoms with Crippen molar-refractivity contribution in [3.63, 3.8) is 0 Å². The van der Waals surface area contributed by atoms with Crippen LogP contribution in [0.15, 0.2) is 6.07 Å². The number of phenolic OH excluding ortho intramolecular Hbond substituents is 1. The second kappa shape index (κ2) is 9.74. The number of ether oxygens (including phenoxy) is 5. The normalized spacial score (nSPS) is 30.6. The van der Waals surface area contributed by atoms with E-state index in [1.807, 2.05) is 29.8 Å². The fraction of sp³-hybridized carbons (Fsp3) is 0.500.